The summed E-state index contributed by atoms with van der Waals surface area (Å²) in [5.74, 6) is 1.07. The second-order valence-electron chi connectivity index (χ2n) is 5.97. The highest BCUT2D eigenvalue weighted by Gasteiger charge is 2.01. The molecule has 0 N–H and O–H groups in total. The molecule has 128 valence electrons. The number of rotatable bonds is 3. The highest BCUT2D eigenvalue weighted by Crippen LogP contribution is 2.24. The van der Waals surface area contributed by atoms with E-state index in [1.54, 1.807) is 19.2 Å². The Bertz CT molecular complexity index is 599. The van der Waals surface area contributed by atoms with Gasteiger partial charge in [-0.2, -0.15) is 0 Å². The average molecular weight is 326 g/mol. The maximum absolute atomic E-state index is 10.8. The molecule has 1 aliphatic carbocycles. The standard InChI is InChI=1S/C15H14O3.C6H12/c1-11(16)18-15-9-5-13(6-10-15)12-3-7-14(17-2)8-4-12;1-2-4-6-5-3-1/h3-10H,1-2H3;1-6H2. The maximum Gasteiger partial charge on any atom is 0.308 e. The van der Waals surface area contributed by atoms with Gasteiger partial charge in [0.1, 0.15) is 11.5 Å². The Morgan fingerprint density at radius 3 is 1.42 bits per heavy atom. The number of carbonyl (C=O) groups excluding carboxylic acids is 1. The monoisotopic (exact) mass is 326 g/mol. The highest BCUT2D eigenvalue weighted by molar-refractivity contribution is 5.70. The zero-order valence-electron chi connectivity index (χ0n) is 14.6. The molecule has 2 aromatic carbocycles. The lowest BCUT2D eigenvalue weighted by atomic mass is 10.0. The minimum atomic E-state index is -0.313. The fourth-order valence-corrected chi connectivity index (χ4v) is 2.73. The van der Waals surface area contributed by atoms with Crippen LogP contribution >= 0.6 is 0 Å². The molecule has 0 aliphatic heterocycles. The van der Waals surface area contributed by atoms with Crippen LogP contribution < -0.4 is 9.47 Å². The molecule has 0 saturated heterocycles. The fourth-order valence-electron chi connectivity index (χ4n) is 2.73. The Morgan fingerprint density at radius 1 is 0.708 bits per heavy atom. The van der Waals surface area contributed by atoms with E-state index >= 15 is 0 Å². The van der Waals surface area contributed by atoms with Crippen LogP contribution in [0.5, 0.6) is 11.5 Å². The molecule has 0 unspecified atom stereocenters. The van der Waals surface area contributed by atoms with E-state index in [2.05, 4.69) is 0 Å². The first kappa shape index (κ1) is 18.1. The third-order valence-electron chi connectivity index (χ3n) is 4.04. The molecule has 0 spiro atoms. The second-order valence-corrected chi connectivity index (χ2v) is 5.97. The van der Waals surface area contributed by atoms with Crippen LogP contribution in [0.25, 0.3) is 11.1 Å². The van der Waals surface area contributed by atoms with Gasteiger partial charge >= 0.3 is 5.97 Å². The van der Waals surface area contributed by atoms with Gasteiger partial charge in [-0.3, -0.25) is 4.79 Å². The molecule has 3 heteroatoms. The van der Waals surface area contributed by atoms with Gasteiger partial charge in [0.2, 0.25) is 0 Å². The molecular formula is C21H26O3. The molecule has 0 heterocycles. The van der Waals surface area contributed by atoms with Crippen molar-refractivity contribution in [1.82, 2.24) is 0 Å². The third-order valence-corrected chi connectivity index (χ3v) is 4.04. The first-order valence-electron chi connectivity index (χ1n) is 8.62. The van der Waals surface area contributed by atoms with Crippen LogP contribution in [0.1, 0.15) is 45.4 Å². The lowest BCUT2D eigenvalue weighted by Crippen LogP contribution is -2.00. The summed E-state index contributed by atoms with van der Waals surface area (Å²) in [5, 5.41) is 0. The number of benzene rings is 2. The Balaban J connectivity index is 0.000000292. The predicted molar refractivity (Wildman–Crippen MR) is 97.4 cm³/mol. The summed E-state index contributed by atoms with van der Waals surface area (Å²) in [6.07, 6.45) is 9.00. The maximum atomic E-state index is 10.8. The van der Waals surface area contributed by atoms with Gasteiger partial charge in [0.15, 0.2) is 0 Å². The van der Waals surface area contributed by atoms with Crippen molar-refractivity contribution in [2.24, 2.45) is 0 Å². The van der Waals surface area contributed by atoms with Crippen molar-refractivity contribution in [3.05, 3.63) is 48.5 Å². The number of hydrogen-bond acceptors (Lipinski definition) is 3. The van der Waals surface area contributed by atoms with Crippen LogP contribution in [0.15, 0.2) is 48.5 Å². The van der Waals surface area contributed by atoms with E-state index in [0.717, 1.165) is 16.9 Å². The Kier molecular flexibility index (Phi) is 7.34. The number of ether oxygens (including phenoxy) is 2. The van der Waals surface area contributed by atoms with E-state index in [4.69, 9.17) is 9.47 Å². The summed E-state index contributed by atoms with van der Waals surface area (Å²) in [6.45, 7) is 1.39. The van der Waals surface area contributed by atoms with Gasteiger partial charge in [-0.15, -0.1) is 0 Å². The van der Waals surface area contributed by atoms with Crippen LogP contribution in [0.2, 0.25) is 0 Å². The van der Waals surface area contributed by atoms with Crippen LogP contribution in [-0.4, -0.2) is 13.1 Å². The lowest BCUT2D eigenvalue weighted by molar-refractivity contribution is -0.131. The predicted octanol–water partition coefficient (Wildman–Crippen LogP) is 5.63. The third kappa shape index (κ3) is 6.07. The van der Waals surface area contributed by atoms with Gasteiger partial charge in [0.05, 0.1) is 7.11 Å². The van der Waals surface area contributed by atoms with Crippen molar-refractivity contribution in [3.8, 4) is 22.6 Å². The quantitative estimate of drug-likeness (QED) is 0.542. The van der Waals surface area contributed by atoms with Crippen LogP contribution in [0.4, 0.5) is 0 Å². The molecule has 0 bridgehead atoms. The summed E-state index contributed by atoms with van der Waals surface area (Å²) in [4.78, 5) is 10.8. The Hall–Kier alpha value is -2.29. The molecule has 1 fully saturated rings. The van der Waals surface area contributed by atoms with E-state index in [1.165, 1.54) is 45.4 Å². The van der Waals surface area contributed by atoms with Crippen LogP contribution in [0, 0.1) is 0 Å². The zero-order valence-corrected chi connectivity index (χ0v) is 14.6. The van der Waals surface area contributed by atoms with Crippen molar-refractivity contribution in [2.75, 3.05) is 7.11 Å². The van der Waals surface area contributed by atoms with Crippen molar-refractivity contribution < 1.29 is 14.3 Å². The Morgan fingerprint density at radius 2 is 1.08 bits per heavy atom. The molecule has 2 aromatic rings. The molecule has 0 aromatic heterocycles. The number of hydrogen-bond donors (Lipinski definition) is 0. The van der Waals surface area contributed by atoms with Gasteiger partial charge < -0.3 is 9.47 Å². The van der Waals surface area contributed by atoms with Gasteiger partial charge in [-0.1, -0.05) is 62.8 Å². The zero-order chi connectivity index (χ0) is 17.2. The topological polar surface area (TPSA) is 35.5 Å². The molecular weight excluding hydrogens is 300 g/mol. The Labute approximate surface area is 144 Å². The van der Waals surface area contributed by atoms with Crippen LogP contribution in [0.3, 0.4) is 0 Å². The highest BCUT2D eigenvalue weighted by atomic mass is 16.5. The number of carbonyl (C=O) groups is 1. The molecule has 24 heavy (non-hydrogen) atoms. The molecule has 0 amide bonds. The molecule has 0 atom stereocenters. The van der Waals surface area contributed by atoms with E-state index < -0.39 is 0 Å². The van der Waals surface area contributed by atoms with Crippen molar-refractivity contribution in [2.45, 2.75) is 45.4 Å². The summed E-state index contributed by atoms with van der Waals surface area (Å²) in [5.41, 5.74) is 2.15. The molecule has 3 rings (SSSR count). The van der Waals surface area contributed by atoms with Gasteiger partial charge in [-0.25, -0.2) is 0 Å². The number of esters is 1. The summed E-state index contributed by atoms with van der Waals surface area (Å²) in [7, 11) is 1.64. The van der Waals surface area contributed by atoms with Crippen molar-refractivity contribution in [3.63, 3.8) is 0 Å². The molecule has 1 aliphatic rings. The van der Waals surface area contributed by atoms with Crippen LogP contribution in [-0.2, 0) is 4.79 Å². The summed E-state index contributed by atoms with van der Waals surface area (Å²) < 4.78 is 10.1. The largest absolute Gasteiger partial charge is 0.497 e. The average Bonchev–Trinajstić information content (AvgIpc) is 2.64. The first-order valence-corrected chi connectivity index (χ1v) is 8.62. The normalized spacial score (nSPS) is 13.4. The lowest BCUT2D eigenvalue weighted by Gasteiger charge is -2.05. The minimum Gasteiger partial charge on any atom is -0.497 e. The van der Waals surface area contributed by atoms with Gasteiger partial charge in [0.25, 0.3) is 0 Å². The SMILES string of the molecule is C1CCCCC1.COc1ccc(-c2ccc(OC(C)=O)cc2)cc1. The summed E-state index contributed by atoms with van der Waals surface area (Å²) in [6, 6.07) is 15.2. The van der Waals surface area contributed by atoms with Gasteiger partial charge in [-0.05, 0) is 35.4 Å². The van der Waals surface area contributed by atoms with Gasteiger partial charge in [0, 0.05) is 6.92 Å². The van der Waals surface area contributed by atoms with E-state index in [9.17, 15) is 4.79 Å². The minimum absolute atomic E-state index is 0.313. The van der Waals surface area contributed by atoms with Crippen molar-refractivity contribution >= 4 is 5.97 Å². The van der Waals surface area contributed by atoms with E-state index in [-0.39, 0.29) is 5.97 Å². The smallest absolute Gasteiger partial charge is 0.308 e. The summed E-state index contributed by atoms with van der Waals surface area (Å²) >= 11 is 0. The second kappa shape index (κ2) is 9.76. The molecule has 0 radical (unpaired) electrons. The van der Waals surface area contributed by atoms with Crippen molar-refractivity contribution in [1.29, 1.82) is 0 Å². The van der Waals surface area contributed by atoms with E-state index in [0.29, 0.717) is 5.75 Å². The van der Waals surface area contributed by atoms with E-state index in [1.807, 2.05) is 36.4 Å². The molecule has 3 nitrogen and oxygen atoms in total. The fraction of sp³-hybridized carbons (Fsp3) is 0.381. The number of methoxy groups -OCH3 is 1. The molecule has 1 saturated carbocycles. The first-order chi connectivity index (χ1) is 11.7.